The molecule has 21 heavy (non-hydrogen) atoms. The molecule has 0 saturated carbocycles. The van der Waals surface area contributed by atoms with Gasteiger partial charge in [0.05, 0.1) is 5.52 Å². The van der Waals surface area contributed by atoms with E-state index in [1.165, 1.54) is 12.1 Å². The molecular formula is C16H10ClF2NO. The molecular weight excluding hydrogens is 296 g/mol. The van der Waals surface area contributed by atoms with Crippen LogP contribution in [0.15, 0.2) is 48.5 Å². The van der Waals surface area contributed by atoms with E-state index < -0.39 is 11.6 Å². The average molecular weight is 306 g/mol. The number of hydrogen-bond donors (Lipinski definition) is 0. The number of halogens is 3. The van der Waals surface area contributed by atoms with Crippen molar-refractivity contribution in [2.75, 3.05) is 0 Å². The van der Waals surface area contributed by atoms with Gasteiger partial charge in [-0.25, -0.2) is 9.37 Å². The molecule has 0 aliphatic carbocycles. The molecule has 3 aromatic rings. The molecule has 2 aromatic carbocycles. The summed E-state index contributed by atoms with van der Waals surface area (Å²) in [4.78, 5) is 4.28. The van der Waals surface area contributed by atoms with Crippen LogP contribution in [-0.2, 0) is 5.88 Å². The first kappa shape index (κ1) is 13.8. The lowest BCUT2D eigenvalue weighted by Gasteiger charge is -2.09. The third-order valence-corrected chi connectivity index (χ3v) is 3.34. The van der Waals surface area contributed by atoms with Crippen LogP contribution < -0.4 is 4.74 Å². The predicted octanol–water partition coefficient (Wildman–Crippen LogP) is 5.04. The van der Waals surface area contributed by atoms with Gasteiger partial charge < -0.3 is 4.74 Å². The standard InChI is InChI=1S/C16H10ClF2NO/c17-9-10-8-15(20-13-6-2-1-4-11(10)13)21-14-7-3-5-12(18)16(14)19/h1-8H,9H2. The molecule has 0 unspecified atom stereocenters. The molecule has 0 aliphatic heterocycles. The van der Waals surface area contributed by atoms with E-state index in [4.69, 9.17) is 16.3 Å². The number of ether oxygens (including phenoxy) is 1. The topological polar surface area (TPSA) is 22.1 Å². The highest BCUT2D eigenvalue weighted by Gasteiger charge is 2.12. The molecule has 0 fully saturated rings. The van der Waals surface area contributed by atoms with Crippen LogP contribution in [0.3, 0.4) is 0 Å². The summed E-state index contributed by atoms with van der Waals surface area (Å²) in [6.07, 6.45) is 0. The molecule has 1 heterocycles. The molecule has 0 saturated heterocycles. The molecule has 2 nitrogen and oxygen atoms in total. The van der Waals surface area contributed by atoms with Crippen LogP contribution in [0.2, 0.25) is 0 Å². The Hall–Kier alpha value is -2.20. The van der Waals surface area contributed by atoms with Crippen LogP contribution in [-0.4, -0.2) is 4.98 Å². The van der Waals surface area contributed by atoms with Crippen LogP contribution in [0.4, 0.5) is 8.78 Å². The Morgan fingerprint density at radius 2 is 1.86 bits per heavy atom. The van der Waals surface area contributed by atoms with E-state index >= 15 is 0 Å². The minimum Gasteiger partial charge on any atom is -0.436 e. The number of benzene rings is 2. The second-order valence-corrected chi connectivity index (χ2v) is 4.69. The summed E-state index contributed by atoms with van der Waals surface area (Å²) in [6, 6.07) is 12.8. The fourth-order valence-corrected chi connectivity index (χ4v) is 2.28. The summed E-state index contributed by atoms with van der Waals surface area (Å²) in [5.41, 5.74) is 1.50. The lowest BCUT2D eigenvalue weighted by atomic mass is 10.1. The van der Waals surface area contributed by atoms with Gasteiger partial charge >= 0.3 is 0 Å². The maximum atomic E-state index is 13.6. The summed E-state index contributed by atoms with van der Waals surface area (Å²) < 4.78 is 32.2. The maximum Gasteiger partial charge on any atom is 0.220 e. The SMILES string of the molecule is Fc1cccc(Oc2cc(CCl)c3ccccc3n2)c1F. The number of para-hydroxylation sites is 1. The van der Waals surface area contributed by atoms with Gasteiger partial charge in [0.2, 0.25) is 11.7 Å². The van der Waals surface area contributed by atoms with Crippen LogP contribution >= 0.6 is 11.6 Å². The first-order valence-electron chi connectivity index (χ1n) is 6.25. The molecule has 0 bridgehead atoms. The third-order valence-electron chi connectivity index (χ3n) is 3.05. The zero-order valence-corrected chi connectivity index (χ0v) is 11.6. The van der Waals surface area contributed by atoms with Gasteiger partial charge in [-0.05, 0) is 23.8 Å². The Morgan fingerprint density at radius 3 is 2.67 bits per heavy atom. The summed E-state index contributed by atoms with van der Waals surface area (Å²) in [5.74, 6) is -1.77. The van der Waals surface area contributed by atoms with Crippen LogP contribution in [0.1, 0.15) is 5.56 Å². The first-order chi connectivity index (χ1) is 10.2. The molecule has 1 aromatic heterocycles. The summed E-state index contributed by atoms with van der Waals surface area (Å²) in [5, 5.41) is 0.902. The fourth-order valence-electron chi connectivity index (χ4n) is 2.06. The van der Waals surface area contributed by atoms with E-state index in [1.54, 1.807) is 12.1 Å². The quantitative estimate of drug-likeness (QED) is 0.632. The molecule has 0 spiro atoms. The van der Waals surface area contributed by atoms with Gasteiger partial charge in [-0.3, -0.25) is 0 Å². The smallest absolute Gasteiger partial charge is 0.220 e. The van der Waals surface area contributed by atoms with Gasteiger partial charge in [-0.15, -0.1) is 11.6 Å². The minimum atomic E-state index is -1.04. The van der Waals surface area contributed by atoms with Crippen molar-refractivity contribution in [1.82, 2.24) is 4.98 Å². The lowest BCUT2D eigenvalue weighted by Crippen LogP contribution is -1.95. The van der Waals surface area contributed by atoms with E-state index in [-0.39, 0.29) is 17.5 Å². The third kappa shape index (κ3) is 2.67. The van der Waals surface area contributed by atoms with Gasteiger partial charge in [0.1, 0.15) is 0 Å². The number of hydrogen-bond acceptors (Lipinski definition) is 2. The van der Waals surface area contributed by atoms with E-state index in [0.29, 0.717) is 5.52 Å². The zero-order valence-electron chi connectivity index (χ0n) is 10.8. The molecule has 0 atom stereocenters. The second-order valence-electron chi connectivity index (χ2n) is 4.42. The van der Waals surface area contributed by atoms with Crippen molar-refractivity contribution in [2.45, 2.75) is 5.88 Å². The predicted molar refractivity (Wildman–Crippen MR) is 77.7 cm³/mol. The normalized spacial score (nSPS) is 10.8. The van der Waals surface area contributed by atoms with Crippen LogP contribution in [0.25, 0.3) is 10.9 Å². The molecule has 0 amide bonds. The number of alkyl halides is 1. The molecule has 0 radical (unpaired) electrons. The highest BCUT2D eigenvalue weighted by atomic mass is 35.5. The van der Waals surface area contributed by atoms with Crippen LogP contribution in [0.5, 0.6) is 11.6 Å². The Labute approximate surface area is 125 Å². The van der Waals surface area contributed by atoms with Crippen molar-refractivity contribution in [2.24, 2.45) is 0 Å². The number of nitrogens with zero attached hydrogens (tertiary/aromatic N) is 1. The van der Waals surface area contributed by atoms with Gasteiger partial charge in [0.25, 0.3) is 0 Å². The minimum absolute atomic E-state index is 0.175. The summed E-state index contributed by atoms with van der Waals surface area (Å²) >= 11 is 5.92. The van der Waals surface area contributed by atoms with Gasteiger partial charge in [0.15, 0.2) is 11.6 Å². The Balaban J connectivity index is 2.07. The Kier molecular flexibility index (Phi) is 3.71. The highest BCUT2D eigenvalue weighted by Crippen LogP contribution is 2.28. The van der Waals surface area contributed by atoms with Gasteiger partial charge in [-0.2, -0.15) is 4.39 Å². The zero-order chi connectivity index (χ0) is 14.8. The maximum absolute atomic E-state index is 13.6. The van der Waals surface area contributed by atoms with Crippen molar-refractivity contribution < 1.29 is 13.5 Å². The number of pyridine rings is 1. The summed E-state index contributed by atoms with van der Waals surface area (Å²) in [7, 11) is 0. The monoisotopic (exact) mass is 305 g/mol. The van der Waals surface area contributed by atoms with Crippen molar-refractivity contribution in [3.05, 3.63) is 65.7 Å². The highest BCUT2D eigenvalue weighted by molar-refractivity contribution is 6.18. The Bertz CT molecular complexity index is 807. The van der Waals surface area contributed by atoms with Gasteiger partial charge in [0, 0.05) is 17.3 Å². The molecule has 5 heteroatoms. The number of fused-ring (bicyclic) bond motifs is 1. The molecule has 106 valence electrons. The van der Waals surface area contributed by atoms with Crippen LogP contribution in [0, 0.1) is 11.6 Å². The van der Waals surface area contributed by atoms with Crippen molar-refractivity contribution in [3.8, 4) is 11.6 Å². The largest absolute Gasteiger partial charge is 0.436 e. The van der Waals surface area contributed by atoms with E-state index in [1.807, 2.05) is 18.2 Å². The number of rotatable bonds is 3. The lowest BCUT2D eigenvalue weighted by molar-refractivity contribution is 0.406. The summed E-state index contributed by atoms with van der Waals surface area (Å²) in [6.45, 7) is 0. The second kappa shape index (κ2) is 5.66. The van der Waals surface area contributed by atoms with E-state index in [0.717, 1.165) is 17.0 Å². The van der Waals surface area contributed by atoms with E-state index in [2.05, 4.69) is 4.98 Å². The molecule has 3 rings (SSSR count). The van der Waals surface area contributed by atoms with E-state index in [9.17, 15) is 8.78 Å². The fraction of sp³-hybridized carbons (Fsp3) is 0.0625. The molecule has 0 aliphatic rings. The van der Waals surface area contributed by atoms with Gasteiger partial charge in [-0.1, -0.05) is 24.3 Å². The van der Waals surface area contributed by atoms with Crippen molar-refractivity contribution in [3.63, 3.8) is 0 Å². The van der Waals surface area contributed by atoms with Crippen molar-refractivity contribution >= 4 is 22.5 Å². The molecule has 0 N–H and O–H groups in total. The average Bonchev–Trinajstić information content (AvgIpc) is 2.51. The number of aromatic nitrogens is 1. The Morgan fingerprint density at radius 1 is 1.05 bits per heavy atom. The first-order valence-corrected chi connectivity index (χ1v) is 6.79. The van der Waals surface area contributed by atoms with Crippen molar-refractivity contribution in [1.29, 1.82) is 0 Å².